The fraction of sp³-hybridized carbons (Fsp3) is 0.143. The summed E-state index contributed by atoms with van der Waals surface area (Å²) in [5, 5.41) is 0. The van der Waals surface area contributed by atoms with Crippen molar-refractivity contribution in [3.8, 4) is 0 Å². The largest absolute Gasteiger partial charge is 0.266 e. The molecule has 2 aromatic rings. The number of hydrogen-bond donors (Lipinski definition) is 1. The van der Waals surface area contributed by atoms with Gasteiger partial charge in [-0.05, 0) is 15.9 Å². The summed E-state index contributed by atoms with van der Waals surface area (Å²) in [7, 11) is 1.98. The van der Waals surface area contributed by atoms with Gasteiger partial charge in [-0.15, -0.1) is 0 Å². The number of rotatable bonds is 0. The van der Waals surface area contributed by atoms with E-state index < -0.39 is 0 Å². The maximum Gasteiger partial charge on any atom is 0.266 e. The van der Waals surface area contributed by atoms with E-state index in [0.717, 1.165) is 15.6 Å². The quantitative estimate of drug-likeness (QED) is 0.654. The number of aromatic amines is 1. The summed E-state index contributed by atoms with van der Waals surface area (Å²) in [6.45, 7) is 0. The molecule has 2 rings (SSSR count). The van der Waals surface area contributed by atoms with E-state index in [-0.39, 0.29) is 0 Å². The van der Waals surface area contributed by atoms with Crippen molar-refractivity contribution in [3.05, 3.63) is 23.1 Å². The molecule has 11 heavy (non-hydrogen) atoms. The molecule has 0 atom stereocenters. The number of nitrogens with zero attached hydrogens (tertiary/aromatic N) is 2. The molecule has 0 aliphatic heterocycles. The molecule has 56 valence electrons. The summed E-state index contributed by atoms with van der Waals surface area (Å²) in [5.41, 5.74) is 2.01. The molecule has 0 bridgehead atoms. The third-order valence-corrected chi connectivity index (χ3v) is 2.04. The molecule has 0 saturated carbocycles. The molecule has 0 radical (unpaired) electrons. The van der Waals surface area contributed by atoms with E-state index in [9.17, 15) is 0 Å². The maximum absolute atomic E-state index is 4.18. The van der Waals surface area contributed by atoms with E-state index in [0.29, 0.717) is 0 Å². The summed E-state index contributed by atoms with van der Waals surface area (Å²) in [4.78, 5) is 7.22. The van der Waals surface area contributed by atoms with Crippen LogP contribution >= 0.6 is 15.9 Å². The van der Waals surface area contributed by atoms with Gasteiger partial charge in [0.15, 0.2) is 5.52 Å². The van der Waals surface area contributed by atoms with Gasteiger partial charge >= 0.3 is 0 Å². The van der Waals surface area contributed by atoms with Crippen molar-refractivity contribution < 1.29 is 4.57 Å². The summed E-state index contributed by atoms with van der Waals surface area (Å²) < 4.78 is 2.99. The van der Waals surface area contributed by atoms with Crippen LogP contribution in [0.4, 0.5) is 0 Å². The van der Waals surface area contributed by atoms with Crippen LogP contribution in [0.15, 0.2) is 23.1 Å². The number of H-pyrrole nitrogens is 1. The lowest BCUT2D eigenvalue weighted by atomic mass is 10.4. The lowest BCUT2D eigenvalue weighted by Gasteiger charge is -1.86. The average molecular weight is 213 g/mol. The van der Waals surface area contributed by atoms with Gasteiger partial charge in [0, 0.05) is 16.7 Å². The van der Waals surface area contributed by atoms with Crippen LogP contribution in [0.2, 0.25) is 0 Å². The summed E-state index contributed by atoms with van der Waals surface area (Å²) in [5.74, 6) is 0. The second kappa shape index (κ2) is 2.30. The minimum Gasteiger partial charge on any atom is -0.231 e. The van der Waals surface area contributed by atoms with E-state index in [2.05, 4.69) is 25.9 Å². The second-order valence-corrected chi connectivity index (χ2v) is 3.32. The SMILES string of the molecule is C[n+]1c[nH]c2ncc(Br)cc21. The molecule has 0 spiro atoms. The Morgan fingerprint density at radius 1 is 1.64 bits per heavy atom. The number of aromatic nitrogens is 3. The van der Waals surface area contributed by atoms with Crippen LogP contribution in [0.1, 0.15) is 0 Å². The average Bonchev–Trinajstić information content (AvgIpc) is 2.33. The fourth-order valence-corrected chi connectivity index (χ4v) is 1.36. The van der Waals surface area contributed by atoms with Crippen LogP contribution in [0.3, 0.4) is 0 Å². The highest BCUT2D eigenvalue weighted by Crippen LogP contribution is 2.11. The Morgan fingerprint density at radius 2 is 2.45 bits per heavy atom. The molecular weight excluding hydrogens is 206 g/mol. The highest BCUT2D eigenvalue weighted by molar-refractivity contribution is 9.10. The first-order valence-electron chi connectivity index (χ1n) is 3.25. The third kappa shape index (κ3) is 1.03. The molecule has 4 heteroatoms. The predicted molar refractivity (Wildman–Crippen MR) is 45.0 cm³/mol. The highest BCUT2D eigenvalue weighted by Gasteiger charge is 2.06. The van der Waals surface area contributed by atoms with E-state index in [4.69, 9.17) is 0 Å². The molecule has 1 N–H and O–H groups in total. The number of hydrogen-bond acceptors (Lipinski definition) is 1. The van der Waals surface area contributed by atoms with Crippen molar-refractivity contribution in [1.29, 1.82) is 0 Å². The van der Waals surface area contributed by atoms with Crippen molar-refractivity contribution >= 4 is 27.1 Å². The molecular formula is C7H7BrN3+. The first-order chi connectivity index (χ1) is 5.27. The third-order valence-electron chi connectivity index (χ3n) is 1.61. The Balaban J connectivity index is 2.87. The molecule has 0 unspecified atom stereocenters. The normalized spacial score (nSPS) is 10.7. The lowest BCUT2D eigenvalue weighted by molar-refractivity contribution is -0.644. The van der Waals surface area contributed by atoms with Crippen LogP contribution in [0, 0.1) is 0 Å². The Kier molecular flexibility index (Phi) is 1.42. The number of aryl methyl sites for hydroxylation is 1. The first-order valence-corrected chi connectivity index (χ1v) is 4.05. The molecule has 0 saturated heterocycles. The van der Waals surface area contributed by atoms with Crippen LogP contribution < -0.4 is 4.57 Å². The topological polar surface area (TPSA) is 32.6 Å². The van der Waals surface area contributed by atoms with Gasteiger partial charge in [-0.25, -0.2) is 14.5 Å². The molecule has 3 nitrogen and oxygen atoms in total. The number of nitrogens with one attached hydrogen (secondary N) is 1. The van der Waals surface area contributed by atoms with Crippen molar-refractivity contribution in [1.82, 2.24) is 9.97 Å². The molecule has 0 fully saturated rings. The number of halogens is 1. The number of fused-ring (bicyclic) bond motifs is 1. The van der Waals surface area contributed by atoms with Gasteiger partial charge in [-0.2, -0.15) is 0 Å². The highest BCUT2D eigenvalue weighted by atomic mass is 79.9. The number of imidazole rings is 1. The van der Waals surface area contributed by atoms with E-state index >= 15 is 0 Å². The molecule has 0 aromatic carbocycles. The minimum atomic E-state index is 0.913. The Bertz CT molecular complexity index is 393. The van der Waals surface area contributed by atoms with Gasteiger partial charge in [0.25, 0.3) is 5.65 Å². The summed E-state index contributed by atoms with van der Waals surface area (Å²) in [6, 6.07) is 2.03. The predicted octanol–water partition coefficient (Wildman–Crippen LogP) is 1.15. The number of pyridine rings is 1. The van der Waals surface area contributed by atoms with Crippen molar-refractivity contribution in [2.24, 2.45) is 7.05 Å². The second-order valence-electron chi connectivity index (χ2n) is 2.41. The molecule has 0 aliphatic rings. The van der Waals surface area contributed by atoms with E-state index in [1.54, 1.807) is 6.20 Å². The van der Waals surface area contributed by atoms with Crippen LogP contribution in [0.25, 0.3) is 11.2 Å². The van der Waals surface area contributed by atoms with Crippen molar-refractivity contribution in [3.63, 3.8) is 0 Å². The van der Waals surface area contributed by atoms with Gasteiger partial charge in [0.2, 0.25) is 6.33 Å². The molecule has 0 aliphatic carbocycles. The monoisotopic (exact) mass is 212 g/mol. The zero-order valence-corrected chi connectivity index (χ0v) is 7.59. The summed E-state index contributed by atoms with van der Waals surface area (Å²) in [6.07, 6.45) is 3.66. The smallest absolute Gasteiger partial charge is 0.231 e. The van der Waals surface area contributed by atoms with Crippen molar-refractivity contribution in [2.75, 3.05) is 0 Å². The fourth-order valence-electron chi connectivity index (χ4n) is 1.04. The van der Waals surface area contributed by atoms with Gasteiger partial charge in [-0.3, -0.25) is 0 Å². The van der Waals surface area contributed by atoms with Crippen LogP contribution in [0.5, 0.6) is 0 Å². The summed E-state index contributed by atoms with van der Waals surface area (Å²) >= 11 is 3.36. The van der Waals surface area contributed by atoms with Gasteiger partial charge in [-0.1, -0.05) is 0 Å². The lowest BCUT2D eigenvalue weighted by Crippen LogP contribution is -2.24. The zero-order valence-electron chi connectivity index (χ0n) is 6.00. The Hall–Kier alpha value is -0.900. The van der Waals surface area contributed by atoms with E-state index in [1.807, 2.05) is 24.0 Å². The maximum atomic E-state index is 4.18. The van der Waals surface area contributed by atoms with Gasteiger partial charge in [0.05, 0.1) is 7.05 Å². The van der Waals surface area contributed by atoms with Gasteiger partial charge < -0.3 is 0 Å². The molecule has 2 heterocycles. The zero-order chi connectivity index (χ0) is 7.84. The van der Waals surface area contributed by atoms with Crippen LogP contribution in [-0.2, 0) is 7.05 Å². The Morgan fingerprint density at radius 3 is 3.27 bits per heavy atom. The van der Waals surface area contributed by atoms with Gasteiger partial charge in [0.1, 0.15) is 0 Å². The van der Waals surface area contributed by atoms with Crippen LogP contribution in [-0.4, -0.2) is 9.97 Å². The Labute approximate surface area is 72.2 Å². The molecule has 2 aromatic heterocycles. The first kappa shape index (κ1) is 6.79. The van der Waals surface area contributed by atoms with E-state index in [1.165, 1.54) is 0 Å². The minimum absolute atomic E-state index is 0.913. The standard InChI is InChI=1S/C7H6BrN3/c1-11-4-10-7-6(11)2-5(8)3-9-7/h2-4H,1H3/p+1. The molecule has 0 amide bonds. The van der Waals surface area contributed by atoms with Crippen molar-refractivity contribution in [2.45, 2.75) is 0 Å².